The Hall–Kier alpha value is -0.670. The first-order valence-corrected chi connectivity index (χ1v) is 7.11. The monoisotopic (exact) mass is 237 g/mol. The molecule has 0 saturated carbocycles. The Morgan fingerprint density at radius 2 is 2.06 bits per heavy atom. The van der Waals surface area contributed by atoms with E-state index in [1.54, 1.807) is 0 Å². The lowest BCUT2D eigenvalue weighted by Crippen LogP contribution is -2.37. The Morgan fingerprint density at radius 1 is 1.38 bits per heavy atom. The van der Waals surface area contributed by atoms with E-state index >= 15 is 0 Å². The Labute approximate surface area is 99.7 Å². The number of hydrogen-bond acceptors (Lipinski definition) is 2. The van der Waals surface area contributed by atoms with E-state index < -0.39 is 10.8 Å². The lowest BCUT2D eigenvalue weighted by molar-refractivity contribution is 0.559. The smallest absolute Gasteiger partial charge is 0.0546 e. The molecule has 3 atom stereocenters. The van der Waals surface area contributed by atoms with Crippen LogP contribution in [0.3, 0.4) is 0 Å². The summed E-state index contributed by atoms with van der Waals surface area (Å²) in [6.45, 7) is 4.01. The molecule has 1 aromatic carbocycles. The van der Waals surface area contributed by atoms with Gasteiger partial charge in [0.25, 0.3) is 0 Å². The van der Waals surface area contributed by atoms with Crippen molar-refractivity contribution in [2.45, 2.75) is 43.2 Å². The zero-order chi connectivity index (χ0) is 11.7. The van der Waals surface area contributed by atoms with Crippen LogP contribution in [0, 0.1) is 0 Å². The summed E-state index contributed by atoms with van der Waals surface area (Å²) in [4.78, 5) is 0. The molecule has 0 spiro atoms. The second kappa shape index (κ2) is 4.68. The van der Waals surface area contributed by atoms with Crippen molar-refractivity contribution in [3.05, 3.63) is 35.4 Å². The number of benzene rings is 1. The summed E-state index contributed by atoms with van der Waals surface area (Å²) in [5, 5.41) is 0.316. The zero-order valence-electron chi connectivity index (χ0n) is 9.85. The number of nitrogens with two attached hydrogens (primary N) is 1. The first-order valence-electron chi connectivity index (χ1n) is 5.84. The van der Waals surface area contributed by atoms with Crippen molar-refractivity contribution in [2.24, 2.45) is 5.73 Å². The van der Waals surface area contributed by atoms with Crippen molar-refractivity contribution in [3.63, 3.8) is 0 Å². The van der Waals surface area contributed by atoms with Gasteiger partial charge in [-0.15, -0.1) is 0 Å². The van der Waals surface area contributed by atoms with Crippen molar-refractivity contribution in [1.29, 1.82) is 0 Å². The summed E-state index contributed by atoms with van der Waals surface area (Å²) in [6.07, 6.45) is 1.95. The predicted molar refractivity (Wildman–Crippen MR) is 68.8 cm³/mol. The summed E-state index contributed by atoms with van der Waals surface area (Å²) in [5.74, 6) is 0. The summed E-state index contributed by atoms with van der Waals surface area (Å²) in [6, 6.07) is 8.20. The topological polar surface area (TPSA) is 43.1 Å². The van der Waals surface area contributed by atoms with E-state index in [1.165, 1.54) is 11.1 Å². The predicted octanol–water partition coefficient (Wildman–Crippen LogP) is 2.16. The van der Waals surface area contributed by atoms with Crippen molar-refractivity contribution < 1.29 is 4.21 Å². The number of fused-ring (bicyclic) bond motifs is 1. The van der Waals surface area contributed by atoms with Crippen LogP contribution >= 0.6 is 0 Å². The minimum absolute atomic E-state index is 0.0619. The molecule has 0 aliphatic heterocycles. The van der Waals surface area contributed by atoms with Gasteiger partial charge in [-0.05, 0) is 24.0 Å². The average molecular weight is 237 g/mol. The molecule has 0 radical (unpaired) electrons. The molecule has 0 bridgehead atoms. The van der Waals surface area contributed by atoms with Crippen LogP contribution in [-0.2, 0) is 17.2 Å². The number of rotatable bonds is 2. The molecule has 0 heterocycles. The molecule has 0 amide bonds. The first-order chi connectivity index (χ1) is 7.61. The number of aryl methyl sites for hydroxylation is 1. The average Bonchev–Trinajstić information content (AvgIpc) is 2.29. The standard InChI is InChI=1S/C13H19NOS/c1-9(2)16(15)12-8-7-10-5-3-4-6-11(10)13(12)14/h3-6,9,12-13H,7-8,14H2,1-2H3. The van der Waals surface area contributed by atoms with E-state index in [0.717, 1.165) is 12.8 Å². The van der Waals surface area contributed by atoms with Crippen LogP contribution in [0.2, 0.25) is 0 Å². The van der Waals surface area contributed by atoms with E-state index in [-0.39, 0.29) is 16.5 Å². The summed E-state index contributed by atoms with van der Waals surface area (Å²) >= 11 is 0. The number of hydrogen-bond donors (Lipinski definition) is 1. The van der Waals surface area contributed by atoms with Gasteiger partial charge in [-0.25, -0.2) is 0 Å². The van der Waals surface area contributed by atoms with Gasteiger partial charge in [-0.2, -0.15) is 0 Å². The molecule has 88 valence electrons. The van der Waals surface area contributed by atoms with Gasteiger partial charge in [0.15, 0.2) is 0 Å². The highest BCUT2D eigenvalue weighted by Gasteiger charge is 2.31. The Kier molecular flexibility index (Phi) is 3.45. The lowest BCUT2D eigenvalue weighted by Gasteiger charge is -2.31. The fraction of sp³-hybridized carbons (Fsp3) is 0.538. The maximum Gasteiger partial charge on any atom is 0.0546 e. The van der Waals surface area contributed by atoms with Crippen LogP contribution in [0.4, 0.5) is 0 Å². The third kappa shape index (κ3) is 2.06. The van der Waals surface area contributed by atoms with Crippen LogP contribution in [-0.4, -0.2) is 14.7 Å². The molecule has 1 aliphatic rings. The third-order valence-corrected chi connectivity index (χ3v) is 5.33. The van der Waals surface area contributed by atoms with Crippen LogP contribution in [0.25, 0.3) is 0 Å². The van der Waals surface area contributed by atoms with Crippen LogP contribution in [0.5, 0.6) is 0 Å². The van der Waals surface area contributed by atoms with Gasteiger partial charge in [0.05, 0.1) is 5.25 Å². The molecule has 16 heavy (non-hydrogen) atoms. The van der Waals surface area contributed by atoms with Gasteiger partial charge in [-0.3, -0.25) is 4.21 Å². The molecule has 2 N–H and O–H groups in total. The van der Waals surface area contributed by atoms with Gasteiger partial charge in [0.2, 0.25) is 0 Å². The quantitative estimate of drug-likeness (QED) is 0.856. The highest BCUT2D eigenvalue weighted by molar-refractivity contribution is 7.86. The summed E-state index contributed by atoms with van der Waals surface area (Å²) < 4.78 is 12.1. The van der Waals surface area contributed by atoms with Crippen molar-refractivity contribution in [2.75, 3.05) is 0 Å². The molecule has 0 saturated heterocycles. The second-order valence-corrected chi connectivity index (χ2v) is 6.88. The Balaban J connectivity index is 2.28. The van der Waals surface area contributed by atoms with Gasteiger partial charge in [0.1, 0.15) is 0 Å². The van der Waals surface area contributed by atoms with Gasteiger partial charge in [-0.1, -0.05) is 38.1 Å². The molecule has 1 aromatic rings. The molecule has 2 rings (SSSR count). The first kappa shape index (κ1) is 11.8. The molecule has 0 fully saturated rings. The van der Waals surface area contributed by atoms with E-state index in [1.807, 2.05) is 26.0 Å². The normalized spacial score (nSPS) is 26.5. The molecule has 0 aromatic heterocycles. The van der Waals surface area contributed by atoms with Gasteiger partial charge < -0.3 is 5.73 Å². The van der Waals surface area contributed by atoms with Crippen molar-refractivity contribution >= 4 is 10.8 Å². The van der Waals surface area contributed by atoms with E-state index in [9.17, 15) is 4.21 Å². The van der Waals surface area contributed by atoms with Crippen molar-refractivity contribution in [1.82, 2.24) is 0 Å². The highest BCUT2D eigenvalue weighted by Crippen LogP contribution is 2.31. The lowest BCUT2D eigenvalue weighted by atomic mass is 9.88. The van der Waals surface area contributed by atoms with Crippen LogP contribution < -0.4 is 5.73 Å². The Bertz CT molecular complexity index is 403. The minimum atomic E-state index is -0.821. The van der Waals surface area contributed by atoms with Gasteiger partial charge >= 0.3 is 0 Å². The highest BCUT2D eigenvalue weighted by atomic mass is 32.2. The second-order valence-electron chi connectivity index (χ2n) is 4.68. The zero-order valence-corrected chi connectivity index (χ0v) is 10.7. The van der Waals surface area contributed by atoms with Crippen molar-refractivity contribution in [3.8, 4) is 0 Å². The fourth-order valence-corrected chi connectivity index (χ4v) is 3.86. The molecular formula is C13H19NOS. The molecule has 3 unspecified atom stereocenters. The third-order valence-electron chi connectivity index (χ3n) is 3.28. The minimum Gasteiger partial charge on any atom is -0.323 e. The maximum absolute atomic E-state index is 12.1. The van der Waals surface area contributed by atoms with Crippen LogP contribution in [0.1, 0.15) is 37.4 Å². The largest absolute Gasteiger partial charge is 0.323 e. The Morgan fingerprint density at radius 3 is 2.75 bits per heavy atom. The fourth-order valence-electron chi connectivity index (χ4n) is 2.37. The van der Waals surface area contributed by atoms with E-state index in [0.29, 0.717) is 0 Å². The molecular weight excluding hydrogens is 218 g/mol. The van der Waals surface area contributed by atoms with Crippen LogP contribution in [0.15, 0.2) is 24.3 Å². The van der Waals surface area contributed by atoms with E-state index in [4.69, 9.17) is 5.73 Å². The summed E-state index contributed by atoms with van der Waals surface area (Å²) in [5.41, 5.74) is 8.75. The maximum atomic E-state index is 12.1. The molecule has 3 heteroatoms. The SMILES string of the molecule is CC(C)S(=O)C1CCc2ccccc2C1N. The molecule has 1 aliphatic carbocycles. The molecule has 2 nitrogen and oxygen atoms in total. The van der Waals surface area contributed by atoms with E-state index in [2.05, 4.69) is 12.1 Å². The summed E-state index contributed by atoms with van der Waals surface area (Å²) in [7, 11) is -0.821. The van der Waals surface area contributed by atoms with Gasteiger partial charge in [0, 0.05) is 22.1 Å².